The third-order valence-electron chi connectivity index (χ3n) is 1.03. The number of nitrogens with two attached hydrogens (primary N) is 1. The lowest BCUT2D eigenvalue weighted by atomic mass is 10.4. The molecule has 0 aliphatic heterocycles. The fourth-order valence-electron chi connectivity index (χ4n) is 0.623. The standard InChI is InChI=1S/C7H9N3/c1-10-6-4-7(9-10)3-2-5-8/h4,6H,5,8H2,1H3. The molecule has 0 aliphatic carbocycles. The SMILES string of the molecule is Cn1ccc(C#CCN)n1. The Hall–Kier alpha value is -1.27. The average molecular weight is 135 g/mol. The van der Waals surface area contributed by atoms with Gasteiger partial charge in [-0.3, -0.25) is 4.68 Å². The van der Waals surface area contributed by atoms with Crippen molar-refractivity contribution in [2.75, 3.05) is 6.54 Å². The maximum Gasteiger partial charge on any atom is 0.135 e. The molecule has 0 saturated carbocycles. The predicted octanol–water partition coefficient (Wildman–Crippen LogP) is -0.270. The molecule has 2 N–H and O–H groups in total. The summed E-state index contributed by atoms with van der Waals surface area (Å²) in [6.07, 6.45) is 1.85. The molecule has 0 aromatic carbocycles. The minimum absolute atomic E-state index is 0.385. The molecule has 0 atom stereocenters. The van der Waals surface area contributed by atoms with E-state index in [0.29, 0.717) is 6.54 Å². The van der Waals surface area contributed by atoms with Crippen LogP contribution in [0.1, 0.15) is 5.69 Å². The molecular weight excluding hydrogens is 126 g/mol. The van der Waals surface area contributed by atoms with Crippen molar-refractivity contribution in [2.45, 2.75) is 0 Å². The summed E-state index contributed by atoms with van der Waals surface area (Å²) in [4.78, 5) is 0. The predicted molar refractivity (Wildman–Crippen MR) is 39.1 cm³/mol. The van der Waals surface area contributed by atoms with E-state index in [9.17, 15) is 0 Å². The number of aromatic nitrogens is 2. The number of hydrogen-bond acceptors (Lipinski definition) is 2. The van der Waals surface area contributed by atoms with Gasteiger partial charge >= 0.3 is 0 Å². The van der Waals surface area contributed by atoms with Crippen molar-refractivity contribution < 1.29 is 0 Å². The van der Waals surface area contributed by atoms with Crippen LogP contribution in [-0.2, 0) is 7.05 Å². The van der Waals surface area contributed by atoms with Crippen LogP contribution in [0.3, 0.4) is 0 Å². The molecule has 3 heteroatoms. The van der Waals surface area contributed by atoms with Crippen molar-refractivity contribution in [3.63, 3.8) is 0 Å². The fourth-order valence-corrected chi connectivity index (χ4v) is 0.623. The molecule has 0 radical (unpaired) electrons. The summed E-state index contributed by atoms with van der Waals surface area (Å²) in [6.45, 7) is 0.385. The zero-order valence-electron chi connectivity index (χ0n) is 5.83. The zero-order chi connectivity index (χ0) is 7.40. The topological polar surface area (TPSA) is 43.8 Å². The van der Waals surface area contributed by atoms with Crippen LogP contribution >= 0.6 is 0 Å². The van der Waals surface area contributed by atoms with Gasteiger partial charge in [0.1, 0.15) is 5.69 Å². The van der Waals surface area contributed by atoms with Gasteiger partial charge in [0.15, 0.2) is 0 Å². The van der Waals surface area contributed by atoms with Crippen molar-refractivity contribution in [3.8, 4) is 11.8 Å². The van der Waals surface area contributed by atoms with E-state index >= 15 is 0 Å². The van der Waals surface area contributed by atoms with E-state index in [1.165, 1.54) is 0 Å². The Labute approximate surface area is 59.8 Å². The Morgan fingerprint density at radius 2 is 2.60 bits per heavy atom. The second-order valence-corrected chi connectivity index (χ2v) is 1.88. The fraction of sp³-hybridized carbons (Fsp3) is 0.286. The van der Waals surface area contributed by atoms with Crippen molar-refractivity contribution in [2.24, 2.45) is 12.8 Å². The maximum atomic E-state index is 5.17. The van der Waals surface area contributed by atoms with Crippen LogP contribution in [0.15, 0.2) is 12.3 Å². The molecule has 0 saturated heterocycles. The van der Waals surface area contributed by atoms with E-state index in [-0.39, 0.29) is 0 Å². The van der Waals surface area contributed by atoms with Gasteiger partial charge in [-0.25, -0.2) is 0 Å². The maximum absolute atomic E-state index is 5.17. The summed E-state index contributed by atoms with van der Waals surface area (Å²) < 4.78 is 1.71. The van der Waals surface area contributed by atoms with Gasteiger partial charge in [0.2, 0.25) is 0 Å². The summed E-state index contributed by atoms with van der Waals surface area (Å²) in [6, 6.07) is 1.85. The highest BCUT2D eigenvalue weighted by Gasteiger charge is 1.87. The number of nitrogens with zero attached hydrogens (tertiary/aromatic N) is 2. The van der Waals surface area contributed by atoms with Gasteiger partial charge in [-0.15, -0.1) is 0 Å². The molecule has 0 amide bonds. The lowest BCUT2D eigenvalue weighted by Gasteiger charge is -1.80. The highest BCUT2D eigenvalue weighted by atomic mass is 15.2. The average Bonchev–Trinajstić information content (AvgIpc) is 2.31. The highest BCUT2D eigenvalue weighted by molar-refractivity contribution is 5.25. The summed E-state index contributed by atoms with van der Waals surface area (Å²) in [5.41, 5.74) is 5.95. The largest absolute Gasteiger partial charge is 0.320 e. The minimum atomic E-state index is 0.385. The van der Waals surface area contributed by atoms with Gasteiger partial charge in [-0.1, -0.05) is 5.92 Å². The highest BCUT2D eigenvalue weighted by Crippen LogP contribution is 1.88. The normalized spacial score (nSPS) is 8.60. The van der Waals surface area contributed by atoms with Crippen molar-refractivity contribution in [1.82, 2.24) is 9.78 Å². The van der Waals surface area contributed by atoms with Crippen molar-refractivity contribution >= 4 is 0 Å². The monoisotopic (exact) mass is 135 g/mol. The van der Waals surface area contributed by atoms with E-state index < -0.39 is 0 Å². The minimum Gasteiger partial charge on any atom is -0.320 e. The molecule has 3 nitrogen and oxygen atoms in total. The summed E-state index contributed by atoms with van der Waals surface area (Å²) in [5.74, 6) is 5.54. The smallest absolute Gasteiger partial charge is 0.135 e. The molecular formula is C7H9N3. The first kappa shape index (κ1) is 6.84. The van der Waals surface area contributed by atoms with Crippen LogP contribution < -0.4 is 5.73 Å². The lowest BCUT2D eigenvalue weighted by molar-refractivity contribution is 0.764. The molecule has 0 fully saturated rings. The zero-order valence-corrected chi connectivity index (χ0v) is 5.83. The molecule has 0 aliphatic rings. The van der Waals surface area contributed by atoms with Crippen LogP contribution in [0.25, 0.3) is 0 Å². The van der Waals surface area contributed by atoms with Gasteiger partial charge in [-0.2, -0.15) is 5.10 Å². The molecule has 10 heavy (non-hydrogen) atoms. The molecule has 1 aromatic heterocycles. The van der Waals surface area contributed by atoms with Crippen molar-refractivity contribution in [3.05, 3.63) is 18.0 Å². The van der Waals surface area contributed by atoms with E-state index in [4.69, 9.17) is 5.73 Å². The Morgan fingerprint density at radius 3 is 3.10 bits per heavy atom. The quantitative estimate of drug-likeness (QED) is 0.498. The van der Waals surface area contributed by atoms with Crippen LogP contribution in [-0.4, -0.2) is 16.3 Å². The van der Waals surface area contributed by atoms with Crippen LogP contribution in [0.2, 0.25) is 0 Å². The van der Waals surface area contributed by atoms with Crippen LogP contribution in [0.5, 0.6) is 0 Å². The Bertz CT molecular complexity index is 264. The second kappa shape index (κ2) is 3.04. The van der Waals surface area contributed by atoms with Crippen LogP contribution in [0, 0.1) is 11.8 Å². The first-order valence-electron chi connectivity index (χ1n) is 3.01. The van der Waals surface area contributed by atoms with Gasteiger partial charge in [0.05, 0.1) is 6.54 Å². The Morgan fingerprint density at radius 1 is 1.80 bits per heavy atom. The summed E-state index contributed by atoms with van der Waals surface area (Å²) in [5, 5.41) is 4.04. The van der Waals surface area contributed by atoms with Gasteiger partial charge in [-0.05, 0) is 12.0 Å². The molecule has 52 valence electrons. The molecule has 1 rings (SSSR count). The molecule has 1 aromatic rings. The lowest BCUT2D eigenvalue weighted by Crippen LogP contribution is -1.93. The molecule has 0 bridgehead atoms. The van der Waals surface area contributed by atoms with E-state index in [1.54, 1.807) is 4.68 Å². The third kappa shape index (κ3) is 1.61. The summed E-state index contributed by atoms with van der Waals surface area (Å²) >= 11 is 0. The van der Waals surface area contributed by atoms with E-state index in [0.717, 1.165) is 5.69 Å². The van der Waals surface area contributed by atoms with E-state index in [2.05, 4.69) is 16.9 Å². The van der Waals surface area contributed by atoms with Gasteiger partial charge in [0.25, 0.3) is 0 Å². The second-order valence-electron chi connectivity index (χ2n) is 1.88. The molecule has 1 heterocycles. The Kier molecular flexibility index (Phi) is 2.08. The first-order valence-corrected chi connectivity index (χ1v) is 3.01. The van der Waals surface area contributed by atoms with Gasteiger partial charge < -0.3 is 5.73 Å². The first-order chi connectivity index (χ1) is 4.83. The van der Waals surface area contributed by atoms with Gasteiger partial charge in [0, 0.05) is 13.2 Å². The number of rotatable bonds is 0. The van der Waals surface area contributed by atoms with Crippen molar-refractivity contribution in [1.29, 1.82) is 0 Å². The number of aryl methyl sites for hydroxylation is 1. The Balaban J connectivity index is 2.76. The summed E-state index contributed by atoms with van der Waals surface area (Å²) in [7, 11) is 1.85. The van der Waals surface area contributed by atoms with E-state index in [1.807, 2.05) is 19.3 Å². The number of hydrogen-bond donors (Lipinski definition) is 1. The molecule has 0 spiro atoms. The molecule has 0 unspecified atom stereocenters. The van der Waals surface area contributed by atoms with Crippen LogP contribution in [0.4, 0.5) is 0 Å². The third-order valence-corrected chi connectivity index (χ3v) is 1.03.